The van der Waals surface area contributed by atoms with Crippen molar-refractivity contribution in [2.45, 2.75) is 26.8 Å². The van der Waals surface area contributed by atoms with E-state index in [1.165, 1.54) is 6.07 Å². The highest BCUT2D eigenvalue weighted by Gasteiger charge is 2.08. The van der Waals surface area contributed by atoms with Gasteiger partial charge in [0, 0.05) is 19.5 Å². The number of aliphatic imine (C=N–C) groups is 1. The molecule has 0 aliphatic carbocycles. The van der Waals surface area contributed by atoms with Crippen LogP contribution in [0.4, 0.5) is 4.39 Å². The molecule has 0 saturated carbocycles. The average Bonchev–Trinajstić information content (AvgIpc) is 3.34. The van der Waals surface area contributed by atoms with Crippen molar-refractivity contribution >= 4 is 5.96 Å². The molecule has 0 atom stereocenters. The zero-order valence-electron chi connectivity index (χ0n) is 15.4. The molecule has 7 nitrogen and oxygen atoms in total. The lowest BCUT2D eigenvalue weighted by Gasteiger charge is -2.10. The Balaban J connectivity index is 1.54. The molecule has 2 heterocycles. The highest BCUT2D eigenvalue weighted by Crippen LogP contribution is 2.14. The summed E-state index contributed by atoms with van der Waals surface area (Å²) in [5, 5.41) is 13.5. The minimum absolute atomic E-state index is 0.200. The molecule has 0 aliphatic rings. The molecular formula is C19H23FN6O. The van der Waals surface area contributed by atoms with Gasteiger partial charge in [0.25, 0.3) is 0 Å². The maximum absolute atomic E-state index is 13.4. The molecule has 0 radical (unpaired) electrons. The van der Waals surface area contributed by atoms with Crippen LogP contribution in [-0.4, -0.2) is 34.2 Å². The summed E-state index contributed by atoms with van der Waals surface area (Å²) in [5.41, 5.74) is 1.59. The number of hydrogen-bond donors (Lipinski definition) is 3. The number of H-pyrrole nitrogens is 1. The first-order chi connectivity index (χ1) is 13.2. The molecule has 3 rings (SSSR count). The van der Waals surface area contributed by atoms with Gasteiger partial charge in [0.1, 0.15) is 11.6 Å². The Morgan fingerprint density at radius 2 is 2.19 bits per heavy atom. The fraction of sp³-hybridized carbons (Fsp3) is 0.316. The van der Waals surface area contributed by atoms with Crippen LogP contribution >= 0.6 is 0 Å². The maximum Gasteiger partial charge on any atom is 0.216 e. The zero-order chi connectivity index (χ0) is 19.1. The van der Waals surface area contributed by atoms with E-state index in [1.807, 2.05) is 19.1 Å². The van der Waals surface area contributed by atoms with E-state index < -0.39 is 0 Å². The second kappa shape index (κ2) is 8.98. The SMILES string of the molecule is CCNC(=NCc1ccc(F)c(C)c1)NCCc1nc(-c2ccco2)n[nH]1. The normalized spacial score (nSPS) is 11.6. The molecular weight excluding hydrogens is 347 g/mol. The number of nitrogens with one attached hydrogen (secondary N) is 3. The molecule has 142 valence electrons. The summed E-state index contributed by atoms with van der Waals surface area (Å²) >= 11 is 0. The van der Waals surface area contributed by atoms with Crippen molar-refractivity contribution in [2.75, 3.05) is 13.1 Å². The molecule has 0 saturated heterocycles. The van der Waals surface area contributed by atoms with Gasteiger partial charge in [-0.1, -0.05) is 12.1 Å². The molecule has 8 heteroatoms. The summed E-state index contributed by atoms with van der Waals surface area (Å²) in [6.45, 7) is 5.62. The Kier molecular flexibility index (Phi) is 6.19. The van der Waals surface area contributed by atoms with E-state index >= 15 is 0 Å². The summed E-state index contributed by atoms with van der Waals surface area (Å²) < 4.78 is 18.6. The topological polar surface area (TPSA) is 91.1 Å². The lowest BCUT2D eigenvalue weighted by molar-refractivity contribution is 0.577. The Morgan fingerprint density at radius 3 is 2.93 bits per heavy atom. The number of rotatable bonds is 7. The quantitative estimate of drug-likeness (QED) is 0.439. The second-order valence-electron chi connectivity index (χ2n) is 6.04. The number of aromatic amines is 1. The Bertz CT molecular complexity index is 888. The molecule has 3 N–H and O–H groups in total. The van der Waals surface area contributed by atoms with Gasteiger partial charge in [0.2, 0.25) is 5.82 Å². The van der Waals surface area contributed by atoms with Gasteiger partial charge in [-0.05, 0) is 43.2 Å². The Hall–Kier alpha value is -3.16. The van der Waals surface area contributed by atoms with E-state index in [4.69, 9.17) is 4.42 Å². The molecule has 27 heavy (non-hydrogen) atoms. The molecule has 1 aromatic carbocycles. The van der Waals surface area contributed by atoms with Crippen LogP contribution in [0.5, 0.6) is 0 Å². The van der Waals surface area contributed by atoms with E-state index in [0.29, 0.717) is 42.6 Å². The summed E-state index contributed by atoms with van der Waals surface area (Å²) in [6, 6.07) is 8.65. The average molecular weight is 370 g/mol. The van der Waals surface area contributed by atoms with E-state index in [1.54, 1.807) is 25.3 Å². The van der Waals surface area contributed by atoms with Crippen molar-refractivity contribution in [1.82, 2.24) is 25.8 Å². The number of furan rings is 1. The summed E-state index contributed by atoms with van der Waals surface area (Å²) in [5.74, 6) is 2.44. The van der Waals surface area contributed by atoms with E-state index in [9.17, 15) is 4.39 Å². The first-order valence-corrected chi connectivity index (χ1v) is 8.88. The van der Waals surface area contributed by atoms with Crippen LogP contribution in [0, 0.1) is 12.7 Å². The van der Waals surface area contributed by atoms with Gasteiger partial charge >= 0.3 is 0 Å². The number of guanidine groups is 1. The van der Waals surface area contributed by atoms with Crippen LogP contribution in [0.3, 0.4) is 0 Å². The van der Waals surface area contributed by atoms with E-state index in [-0.39, 0.29) is 5.82 Å². The lowest BCUT2D eigenvalue weighted by Crippen LogP contribution is -2.38. The number of aryl methyl sites for hydroxylation is 1. The Labute approximate surface area is 157 Å². The number of nitrogens with zero attached hydrogens (tertiary/aromatic N) is 3. The van der Waals surface area contributed by atoms with Crippen LogP contribution in [-0.2, 0) is 13.0 Å². The summed E-state index contributed by atoms with van der Waals surface area (Å²) in [7, 11) is 0. The van der Waals surface area contributed by atoms with E-state index in [2.05, 4.69) is 30.8 Å². The van der Waals surface area contributed by atoms with Gasteiger partial charge in [-0.25, -0.2) is 14.4 Å². The zero-order valence-corrected chi connectivity index (χ0v) is 15.4. The summed E-state index contributed by atoms with van der Waals surface area (Å²) in [6.07, 6.45) is 2.25. The first kappa shape index (κ1) is 18.6. The number of hydrogen-bond acceptors (Lipinski definition) is 4. The third-order valence-corrected chi connectivity index (χ3v) is 3.91. The molecule has 0 bridgehead atoms. The van der Waals surface area contributed by atoms with Crippen LogP contribution in [0.15, 0.2) is 46.0 Å². The minimum atomic E-state index is -0.200. The van der Waals surface area contributed by atoms with Gasteiger partial charge in [-0.2, -0.15) is 5.10 Å². The first-order valence-electron chi connectivity index (χ1n) is 8.88. The van der Waals surface area contributed by atoms with Crippen molar-refractivity contribution in [2.24, 2.45) is 4.99 Å². The third kappa shape index (κ3) is 5.16. The van der Waals surface area contributed by atoms with Crippen LogP contribution in [0.2, 0.25) is 0 Å². The predicted molar refractivity (Wildman–Crippen MR) is 102 cm³/mol. The lowest BCUT2D eigenvalue weighted by atomic mass is 10.1. The van der Waals surface area contributed by atoms with Crippen LogP contribution < -0.4 is 10.6 Å². The van der Waals surface area contributed by atoms with Crippen molar-refractivity contribution in [3.63, 3.8) is 0 Å². The van der Waals surface area contributed by atoms with Gasteiger partial charge in [-0.3, -0.25) is 5.10 Å². The fourth-order valence-corrected chi connectivity index (χ4v) is 2.54. The molecule has 0 amide bonds. The maximum atomic E-state index is 13.4. The third-order valence-electron chi connectivity index (χ3n) is 3.91. The van der Waals surface area contributed by atoms with Crippen molar-refractivity contribution in [1.29, 1.82) is 0 Å². The molecule has 0 spiro atoms. The highest BCUT2D eigenvalue weighted by atomic mass is 19.1. The number of halogens is 1. The van der Waals surface area contributed by atoms with Crippen molar-refractivity contribution in [3.05, 3.63) is 59.4 Å². The van der Waals surface area contributed by atoms with Crippen LogP contribution in [0.25, 0.3) is 11.6 Å². The molecule has 2 aromatic heterocycles. The van der Waals surface area contributed by atoms with Crippen molar-refractivity contribution in [3.8, 4) is 11.6 Å². The molecule has 3 aromatic rings. The fourth-order valence-electron chi connectivity index (χ4n) is 2.54. The number of benzene rings is 1. The second-order valence-corrected chi connectivity index (χ2v) is 6.04. The predicted octanol–water partition coefficient (Wildman–Crippen LogP) is 2.81. The van der Waals surface area contributed by atoms with Gasteiger partial charge in [-0.15, -0.1) is 0 Å². The number of aromatic nitrogens is 3. The smallest absolute Gasteiger partial charge is 0.216 e. The van der Waals surface area contributed by atoms with Crippen molar-refractivity contribution < 1.29 is 8.81 Å². The molecule has 0 fully saturated rings. The minimum Gasteiger partial charge on any atom is -0.461 e. The van der Waals surface area contributed by atoms with Gasteiger partial charge < -0.3 is 15.1 Å². The van der Waals surface area contributed by atoms with Crippen LogP contribution in [0.1, 0.15) is 23.9 Å². The van der Waals surface area contributed by atoms with Gasteiger partial charge in [0.05, 0.1) is 12.8 Å². The van der Waals surface area contributed by atoms with E-state index in [0.717, 1.165) is 17.9 Å². The Morgan fingerprint density at radius 1 is 1.30 bits per heavy atom. The monoisotopic (exact) mass is 370 g/mol. The van der Waals surface area contributed by atoms with Gasteiger partial charge in [0.15, 0.2) is 11.7 Å². The molecule has 0 aliphatic heterocycles. The molecule has 0 unspecified atom stereocenters. The standard InChI is InChI=1S/C19H23FN6O/c1-3-21-19(23-12-14-6-7-15(20)13(2)11-14)22-9-8-17-24-18(26-25-17)16-5-4-10-27-16/h4-7,10-11H,3,8-9,12H2,1-2H3,(H2,21,22,23)(H,24,25,26). The largest absolute Gasteiger partial charge is 0.461 e. The highest BCUT2D eigenvalue weighted by molar-refractivity contribution is 5.79. The summed E-state index contributed by atoms with van der Waals surface area (Å²) in [4.78, 5) is 8.95.